The molecule has 1 aromatic carbocycles. The van der Waals surface area contributed by atoms with E-state index in [0.717, 1.165) is 28.8 Å². The average molecular weight is 340 g/mol. The number of anilines is 1. The van der Waals surface area contributed by atoms with Gasteiger partial charge < -0.3 is 4.98 Å². The summed E-state index contributed by atoms with van der Waals surface area (Å²) >= 11 is 1.36. The highest BCUT2D eigenvalue weighted by Gasteiger charge is 2.24. The van der Waals surface area contributed by atoms with Crippen LogP contribution in [0.25, 0.3) is 10.9 Å². The fraction of sp³-hybridized carbons (Fsp3) is 0.294. The van der Waals surface area contributed by atoms with E-state index in [1.807, 2.05) is 24.3 Å². The number of fused-ring (bicyclic) bond motifs is 1. The number of benzene rings is 1. The number of para-hydroxylation sites is 1. The number of hydrogen-bond donors (Lipinski definition) is 2. The predicted molar refractivity (Wildman–Crippen MR) is 92.4 cm³/mol. The number of H-pyrrole nitrogens is 1. The van der Waals surface area contributed by atoms with Crippen LogP contribution in [0.15, 0.2) is 30.5 Å². The molecule has 0 bridgehead atoms. The van der Waals surface area contributed by atoms with Gasteiger partial charge in [-0.05, 0) is 18.9 Å². The first-order valence-electron chi connectivity index (χ1n) is 7.97. The predicted octanol–water partition coefficient (Wildman–Crippen LogP) is 3.50. The lowest BCUT2D eigenvalue weighted by atomic mass is 10.1. The van der Waals surface area contributed by atoms with Gasteiger partial charge in [0.05, 0.1) is 5.56 Å². The first-order chi connectivity index (χ1) is 11.7. The normalized spacial score (nSPS) is 15.0. The molecule has 1 amide bonds. The van der Waals surface area contributed by atoms with Crippen molar-refractivity contribution in [1.29, 1.82) is 0 Å². The van der Waals surface area contributed by atoms with Crippen LogP contribution in [0, 0.1) is 0 Å². The molecule has 1 fully saturated rings. The van der Waals surface area contributed by atoms with Crippen LogP contribution in [0.1, 0.15) is 47.0 Å². The largest absolute Gasteiger partial charge is 0.360 e. The Morgan fingerprint density at radius 1 is 1.17 bits per heavy atom. The molecule has 2 N–H and O–H groups in total. The quantitative estimate of drug-likeness (QED) is 0.562. The summed E-state index contributed by atoms with van der Waals surface area (Å²) in [5.74, 6) is -0.823. The summed E-state index contributed by atoms with van der Waals surface area (Å²) in [5.41, 5.74) is 1.19. The van der Waals surface area contributed by atoms with Crippen LogP contribution in [0.3, 0.4) is 0 Å². The van der Waals surface area contributed by atoms with Crippen LogP contribution < -0.4 is 5.32 Å². The van der Waals surface area contributed by atoms with Crippen molar-refractivity contribution >= 4 is 39.1 Å². The van der Waals surface area contributed by atoms with Gasteiger partial charge in [0.2, 0.25) is 5.13 Å². The third-order valence-corrected chi connectivity index (χ3v) is 5.41. The summed E-state index contributed by atoms with van der Waals surface area (Å²) in [6.45, 7) is 0. The molecular formula is C17H16N4O2S. The molecule has 2 heterocycles. The first-order valence-corrected chi connectivity index (χ1v) is 8.79. The number of nitrogens with zero attached hydrogens (tertiary/aromatic N) is 2. The summed E-state index contributed by atoms with van der Waals surface area (Å²) in [4.78, 5) is 27.7. The highest BCUT2D eigenvalue weighted by Crippen LogP contribution is 2.36. The van der Waals surface area contributed by atoms with E-state index in [0.29, 0.717) is 16.6 Å². The number of Topliss-reactive ketones (excluding diaryl/α,β-unsaturated/α-hetero) is 1. The van der Waals surface area contributed by atoms with Gasteiger partial charge >= 0.3 is 0 Å². The van der Waals surface area contributed by atoms with Crippen molar-refractivity contribution in [2.45, 2.75) is 31.6 Å². The summed E-state index contributed by atoms with van der Waals surface area (Å²) in [7, 11) is 0. The fourth-order valence-electron chi connectivity index (χ4n) is 3.16. The van der Waals surface area contributed by atoms with Gasteiger partial charge in [0.25, 0.3) is 11.7 Å². The molecule has 0 radical (unpaired) electrons. The Kier molecular flexibility index (Phi) is 3.86. The van der Waals surface area contributed by atoms with Crippen molar-refractivity contribution in [3.05, 3.63) is 41.0 Å². The molecule has 122 valence electrons. The molecule has 7 heteroatoms. The van der Waals surface area contributed by atoms with Crippen molar-refractivity contribution in [1.82, 2.24) is 15.2 Å². The molecule has 0 spiro atoms. The fourth-order valence-corrected chi connectivity index (χ4v) is 4.07. The topological polar surface area (TPSA) is 87.7 Å². The van der Waals surface area contributed by atoms with E-state index in [9.17, 15) is 9.59 Å². The van der Waals surface area contributed by atoms with Crippen LogP contribution >= 0.6 is 11.3 Å². The van der Waals surface area contributed by atoms with Gasteiger partial charge in [-0.3, -0.25) is 14.9 Å². The van der Waals surface area contributed by atoms with Gasteiger partial charge in [0, 0.05) is 23.0 Å². The van der Waals surface area contributed by atoms with Crippen LogP contribution in [0.2, 0.25) is 0 Å². The second-order valence-electron chi connectivity index (χ2n) is 5.96. The molecule has 1 aliphatic rings. The minimum absolute atomic E-state index is 0.364. The number of ketones is 1. The van der Waals surface area contributed by atoms with Gasteiger partial charge in [-0.15, -0.1) is 10.2 Å². The van der Waals surface area contributed by atoms with Crippen LogP contribution in [-0.4, -0.2) is 26.9 Å². The maximum Gasteiger partial charge on any atom is 0.298 e. The van der Waals surface area contributed by atoms with Crippen molar-refractivity contribution in [3.63, 3.8) is 0 Å². The zero-order valence-electron chi connectivity index (χ0n) is 12.9. The molecule has 1 aliphatic carbocycles. The van der Waals surface area contributed by atoms with Crippen molar-refractivity contribution in [3.8, 4) is 0 Å². The molecule has 0 saturated heterocycles. The average Bonchev–Trinajstić information content (AvgIpc) is 3.33. The van der Waals surface area contributed by atoms with Gasteiger partial charge in [0.1, 0.15) is 5.01 Å². The highest BCUT2D eigenvalue weighted by molar-refractivity contribution is 7.15. The van der Waals surface area contributed by atoms with E-state index in [-0.39, 0.29) is 0 Å². The van der Waals surface area contributed by atoms with E-state index in [4.69, 9.17) is 0 Å². The molecule has 2 aromatic heterocycles. The molecule has 0 unspecified atom stereocenters. The van der Waals surface area contributed by atoms with Crippen LogP contribution in [0.5, 0.6) is 0 Å². The van der Waals surface area contributed by atoms with Gasteiger partial charge in [-0.1, -0.05) is 42.4 Å². The Hall–Kier alpha value is -2.54. The Morgan fingerprint density at radius 2 is 1.96 bits per heavy atom. The number of hydrogen-bond acceptors (Lipinski definition) is 5. The second kappa shape index (κ2) is 6.16. The Balaban J connectivity index is 1.50. The molecule has 24 heavy (non-hydrogen) atoms. The third kappa shape index (κ3) is 2.71. The number of nitrogens with one attached hydrogen (secondary N) is 2. The lowest BCUT2D eigenvalue weighted by Crippen LogP contribution is -2.22. The Bertz CT molecular complexity index is 908. The molecule has 3 aromatic rings. The Morgan fingerprint density at radius 3 is 2.79 bits per heavy atom. The molecule has 0 aliphatic heterocycles. The third-order valence-electron chi connectivity index (χ3n) is 4.41. The van der Waals surface area contributed by atoms with Crippen LogP contribution in [-0.2, 0) is 4.79 Å². The van der Waals surface area contributed by atoms with Gasteiger partial charge in [0.15, 0.2) is 0 Å². The van der Waals surface area contributed by atoms with Gasteiger partial charge in [-0.2, -0.15) is 0 Å². The standard InChI is InChI=1S/C17H16N4O2S/c22-14(12-9-18-13-8-4-3-7-11(12)13)15(23)19-17-21-20-16(24-17)10-5-1-2-6-10/h3-4,7-10,18H,1-2,5-6H2,(H,19,21,23). The zero-order valence-corrected chi connectivity index (χ0v) is 13.7. The van der Waals surface area contributed by atoms with Crippen molar-refractivity contribution in [2.75, 3.05) is 5.32 Å². The Labute approximate surface area is 142 Å². The molecule has 0 atom stereocenters. The SMILES string of the molecule is O=C(Nc1nnc(C2CCCC2)s1)C(=O)c1c[nH]c2ccccc12. The summed E-state index contributed by atoms with van der Waals surface area (Å²) in [6.07, 6.45) is 6.24. The van der Waals surface area contributed by atoms with E-state index < -0.39 is 11.7 Å². The summed E-state index contributed by atoms with van der Waals surface area (Å²) in [5, 5.41) is 12.8. The maximum atomic E-state index is 12.4. The van der Waals surface area contributed by atoms with E-state index >= 15 is 0 Å². The molecular weight excluding hydrogens is 324 g/mol. The lowest BCUT2D eigenvalue weighted by molar-refractivity contribution is -0.112. The highest BCUT2D eigenvalue weighted by atomic mass is 32.1. The van der Waals surface area contributed by atoms with E-state index in [1.165, 1.54) is 24.2 Å². The minimum Gasteiger partial charge on any atom is -0.360 e. The number of rotatable bonds is 4. The monoisotopic (exact) mass is 340 g/mol. The molecule has 4 rings (SSSR count). The number of aromatic amines is 1. The summed E-state index contributed by atoms with van der Waals surface area (Å²) < 4.78 is 0. The number of carbonyl (C=O) groups excluding carboxylic acids is 2. The molecule has 6 nitrogen and oxygen atoms in total. The second-order valence-corrected chi connectivity index (χ2v) is 6.97. The van der Waals surface area contributed by atoms with Crippen molar-refractivity contribution < 1.29 is 9.59 Å². The number of carbonyl (C=O) groups is 2. The molecule has 1 saturated carbocycles. The smallest absolute Gasteiger partial charge is 0.298 e. The van der Waals surface area contributed by atoms with E-state index in [2.05, 4.69) is 20.5 Å². The van der Waals surface area contributed by atoms with E-state index in [1.54, 1.807) is 6.20 Å². The van der Waals surface area contributed by atoms with Crippen molar-refractivity contribution in [2.24, 2.45) is 0 Å². The van der Waals surface area contributed by atoms with Crippen LogP contribution in [0.4, 0.5) is 5.13 Å². The first kappa shape index (κ1) is 15.0. The number of aromatic nitrogens is 3. The summed E-state index contributed by atoms with van der Waals surface area (Å²) in [6, 6.07) is 7.39. The lowest BCUT2D eigenvalue weighted by Gasteiger charge is -2.01. The minimum atomic E-state index is -0.686. The number of amides is 1. The zero-order chi connectivity index (χ0) is 16.5. The maximum absolute atomic E-state index is 12.4. The van der Waals surface area contributed by atoms with Gasteiger partial charge in [-0.25, -0.2) is 0 Å².